The maximum absolute atomic E-state index is 6.02. The molecule has 0 bridgehead atoms. The van der Waals surface area contributed by atoms with Crippen LogP contribution in [0.25, 0.3) is 22.8 Å². The molecule has 0 amide bonds. The zero-order valence-corrected chi connectivity index (χ0v) is 16.2. The molecule has 4 aromatic rings. The second-order valence-electron chi connectivity index (χ2n) is 6.77. The zero-order valence-electron chi connectivity index (χ0n) is 15.4. The van der Waals surface area contributed by atoms with Gasteiger partial charge in [-0.3, -0.25) is 9.55 Å². The molecule has 1 aliphatic rings. The van der Waals surface area contributed by atoms with Crippen LogP contribution in [0, 0.1) is 0 Å². The van der Waals surface area contributed by atoms with Gasteiger partial charge in [-0.15, -0.1) is 5.10 Å². The largest absolute Gasteiger partial charge is 0.463 e. The Bertz CT molecular complexity index is 1120. The first-order chi connectivity index (χ1) is 14.3. The molecule has 0 radical (unpaired) electrons. The summed E-state index contributed by atoms with van der Waals surface area (Å²) in [6.45, 7) is 0.367. The molecule has 0 spiro atoms. The topological polar surface area (TPSA) is 91.8 Å². The number of rotatable bonds is 7. The molecule has 0 N–H and O–H groups in total. The summed E-state index contributed by atoms with van der Waals surface area (Å²) < 4.78 is 13.3. The maximum atomic E-state index is 6.02. The van der Waals surface area contributed by atoms with Gasteiger partial charge in [0.2, 0.25) is 0 Å². The second-order valence-corrected chi connectivity index (χ2v) is 7.21. The Kier molecular flexibility index (Phi) is 4.69. The molecule has 1 aliphatic carbocycles. The third-order valence-electron chi connectivity index (χ3n) is 4.59. The van der Waals surface area contributed by atoms with E-state index in [0.717, 1.165) is 29.8 Å². The molecule has 29 heavy (non-hydrogen) atoms. The minimum atomic E-state index is 0.367. The van der Waals surface area contributed by atoms with Gasteiger partial charge in [0.15, 0.2) is 11.6 Å². The zero-order chi connectivity index (χ0) is 19.6. The van der Waals surface area contributed by atoms with E-state index in [1.165, 1.54) is 0 Å². The summed E-state index contributed by atoms with van der Waals surface area (Å²) in [7, 11) is 0. The summed E-state index contributed by atoms with van der Waals surface area (Å²) in [4.78, 5) is 8.58. The lowest BCUT2D eigenvalue weighted by molar-refractivity contribution is 0.277. The fourth-order valence-corrected chi connectivity index (χ4v) is 3.25. The molecule has 5 rings (SSSR count). The highest BCUT2D eigenvalue weighted by Gasteiger charge is 2.31. The molecule has 0 saturated heterocycles. The van der Waals surface area contributed by atoms with Crippen LogP contribution in [0.15, 0.2) is 53.3 Å². The lowest BCUT2D eigenvalue weighted by atomic mass is 10.2. The van der Waals surface area contributed by atoms with Crippen LogP contribution in [-0.2, 0) is 6.42 Å². The van der Waals surface area contributed by atoms with Crippen molar-refractivity contribution in [2.24, 2.45) is 0 Å². The van der Waals surface area contributed by atoms with Crippen LogP contribution >= 0.6 is 11.6 Å². The van der Waals surface area contributed by atoms with E-state index < -0.39 is 0 Å². The molecule has 146 valence electrons. The highest BCUT2D eigenvalue weighted by atomic mass is 35.5. The van der Waals surface area contributed by atoms with Crippen molar-refractivity contribution in [3.63, 3.8) is 0 Å². The SMILES string of the molecule is Clc1cccc(-c2nc(CCOc3nnc(-c4cccnc4)n3C3CC3)no2)c1. The van der Waals surface area contributed by atoms with E-state index in [-0.39, 0.29) is 0 Å². The molecule has 8 nitrogen and oxygen atoms in total. The number of halogens is 1. The lowest BCUT2D eigenvalue weighted by Crippen LogP contribution is -2.08. The van der Waals surface area contributed by atoms with Gasteiger partial charge < -0.3 is 9.26 Å². The summed E-state index contributed by atoms with van der Waals surface area (Å²) >= 11 is 6.02. The number of pyridine rings is 1. The minimum Gasteiger partial charge on any atom is -0.463 e. The first kappa shape index (κ1) is 17.8. The Labute approximate surface area is 171 Å². The van der Waals surface area contributed by atoms with E-state index in [4.69, 9.17) is 20.9 Å². The van der Waals surface area contributed by atoms with Crippen molar-refractivity contribution >= 4 is 11.6 Å². The monoisotopic (exact) mass is 408 g/mol. The van der Waals surface area contributed by atoms with E-state index in [1.54, 1.807) is 24.5 Å². The van der Waals surface area contributed by atoms with Crippen molar-refractivity contribution in [1.82, 2.24) is 29.9 Å². The van der Waals surface area contributed by atoms with Crippen molar-refractivity contribution in [2.45, 2.75) is 25.3 Å². The predicted octanol–water partition coefficient (Wildman–Crippen LogP) is 4.00. The van der Waals surface area contributed by atoms with Crippen LogP contribution in [0.2, 0.25) is 5.02 Å². The smallest absolute Gasteiger partial charge is 0.317 e. The van der Waals surface area contributed by atoms with E-state index in [1.807, 2.05) is 28.8 Å². The van der Waals surface area contributed by atoms with Crippen LogP contribution in [0.1, 0.15) is 24.7 Å². The highest BCUT2D eigenvalue weighted by Crippen LogP contribution is 2.40. The lowest BCUT2D eigenvalue weighted by Gasteiger charge is -2.09. The minimum absolute atomic E-state index is 0.367. The Morgan fingerprint density at radius 2 is 2.03 bits per heavy atom. The molecule has 0 aliphatic heterocycles. The van der Waals surface area contributed by atoms with Crippen LogP contribution in [0.5, 0.6) is 6.01 Å². The van der Waals surface area contributed by atoms with E-state index in [9.17, 15) is 0 Å². The summed E-state index contributed by atoms with van der Waals surface area (Å²) in [5.41, 5.74) is 1.71. The molecule has 0 unspecified atom stereocenters. The van der Waals surface area contributed by atoms with Gasteiger partial charge in [0.1, 0.15) is 0 Å². The normalized spacial score (nSPS) is 13.6. The number of hydrogen-bond donors (Lipinski definition) is 0. The third kappa shape index (κ3) is 3.84. The number of hydrogen-bond acceptors (Lipinski definition) is 7. The van der Waals surface area contributed by atoms with Gasteiger partial charge >= 0.3 is 6.01 Å². The van der Waals surface area contributed by atoms with Crippen molar-refractivity contribution in [2.75, 3.05) is 6.61 Å². The standard InChI is InChI=1S/C20H17ClN6O2/c21-15-5-1-3-13(11-15)19-23-17(26-29-19)8-10-28-20-25-24-18(27(20)16-6-7-16)14-4-2-9-22-12-14/h1-5,9,11-12,16H,6-8,10H2. The van der Waals surface area contributed by atoms with Crippen molar-refractivity contribution in [3.05, 3.63) is 59.6 Å². The first-order valence-electron chi connectivity index (χ1n) is 9.34. The first-order valence-corrected chi connectivity index (χ1v) is 9.72. The molecule has 9 heteroatoms. The molecule has 1 fully saturated rings. The summed E-state index contributed by atoms with van der Waals surface area (Å²) in [6, 6.07) is 12.0. The third-order valence-corrected chi connectivity index (χ3v) is 4.83. The molecule has 1 saturated carbocycles. The fourth-order valence-electron chi connectivity index (χ4n) is 3.06. The van der Waals surface area contributed by atoms with E-state index >= 15 is 0 Å². The molecule has 3 aromatic heterocycles. The number of benzene rings is 1. The van der Waals surface area contributed by atoms with Crippen LogP contribution < -0.4 is 4.74 Å². The van der Waals surface area contributed by atoms with Crippen LogP contribution in [0.4, 0.5) is 0 Å². The van der Waals surface area contributed by atoms with Crippen LogP contribution in [-0.4, -0.2) is 36.5 Å². The van der Waals surface area contributed by atoms with Gasteiger partial charge in [0.05, 0.1) is 6.61 Å². The number of aromatic nitrogens is 6. The summed E-state index contributed by atoms with van der Waals surface area (Å²) in [5.74, 6) is 1.77. The van der Waals surface area contributed by atoms with Gasteiger partial charge in [-0.05, 0) is 43.2 Å². The molecular formula is C20H17ClN6O2. The van der Waals surface area contributed by atoms with Crippen molar-refractivity contribution < 1.29 is 9.26 Å². The van der Waals surface area contributed by atoms with Gasteiger partial charge in [0, 0.05) is 41.0 Å². The molecule has 1 aromatic carbocycles. The van der Waals surface area contributed by atoms with E-state index in [0.29, 0.717) is 41.8 Å². The summed E-state index contributed by atoms with van der Waals surface area (Å²) in [5, 5.41) is 13.2. The Morgan fingerprint density at radius 3 is 2.83 bits per heavy atom. The van der Waals surface area contributed by atoms with Gasteiger partial charge in [-0.25, -0.2) is 0 Å². The van der Waals surface area contributed by atoms with Crippen molar-refractivity contribution in [3.8, 4) is 28.9 Å². The van der Waals surface area contributed by atoms with E-state index in [2.05, 4.69) is 25.3 Å². The molecule has 0 atom stereocenters. The Morgan fingerprint density at radius 1 is 1.14 bits per heavy atom. The predicted molar refractivity (Wildman–Crippen MR) is 105 cm³/mol. The summed E-state index contributed by atoms with van der Waals surface area (Å²) in [6.07, 6.45) is 6.19. The molecular weight excluding hydrogens is 392 g/mol. The number of nitrogens with zero attached hydrogens (tertiary/aromatic N) is 6. The molecule has 3 heterocycles. The quantitative estimate of drug-likeness (QED) is 0.456. The van der Waals surface area contributed by atoms with Crippen LogP contribution in [0.3, 0.4) is 0 Å². The van der Waals surface area contributed by atoms with Gasteiger partial charge in [-0.1, -0.05) is 27.9 Å². The average Bonchev–Trinajstić information content (AvgIpc) is 3.32. The second kappa shape index (κ2) is 7.63. The fraction of sp³-hybridized carbons (Fsp3) is 0.250. The maximum Gasteiger partial charge on any atom is 0.317 e. The van der Waals surface area contributed by atoms with Crippen molar-refractivity contribution in [1.29, 1.82) is 0 Å². The Balaban J connectivity index is 1.27. The average molecular weight is 409 g/mol. The number of ether oxygens (including phenoxy) is 1. The van der Waals surface area contributed by atoms with Gasteiger partial charge in [-0.2, -0.15) is 4.98 Å². The highest BCUT2D eigenvalue weighted by molar-refractivity contribution is 6.30. The Hall–Kier alpha value is -3.26. The van der Waals surface area contributed by atoms with Gasteiger partial charge in [0.25, 0.3) is 5.89 Å².